The molecule has 0 fully saturated rings. The molecule has 0 atom stereocenters. The van der Waals surface area contributed by atoms with Crippen LogP contribution in [0.25, 0.3) is 0 Å². The molecular weight excluding hydrogens is 251 g/mol. The van der Waals surface area contributed by atoms with Crippen molar-refractivity contribution in [3.63, 3.8) is 0 Å². The van der Waals surface area contributed by atoms with E-state index >= 15 is 0 Å². The summed E-state index contributed by atoms with van der Waals surface area (Å²) < 4.78 is 13.1. The van der Waals surface area contributed by atoms with Gasteiger partial charge in [0.05, 0.1) is 0 Å². The molecule has 2 aromatic rings. The van der Waals surface area contributed by atoms with E-state index in [2.05, 4.69) is 42.3 Å². The summed E-state index contributed by atoms with van der Waals surface area (Å²) in [6.07, 6.45) is 0. The van der Waals surface area contributed by atoms with Gasteiger partial charge in [-0.25, -0.2) is 4.39 Å². The normalized spacial score (nSPS) is 10.6. The molecule has 0 unspecified atom stereocenters. The Morgan fingerprint density at radius 2 is 1.70 bits per heavy atom. The van der Waals surface area contributed by atoms with Crippen LogP contribution in [0.2, 0.25) is 0 Å². The van der Waals surface area contributed by atoms with Crippen molar-refractivity contribution < 1.29 is 4.39 Å². The number of para-hydroxylation sites is 1. The molecule has 0 aliphatic carbocycles. The molecule has 0 bridgehead atoms. The summed E-state index contributed by atoms with van der Waals surface area (Å²) in [6.45, 7) is 6.82. The molecule has 0 heterocycles. The summed E-state index contributed by atoms with van der Waals surface area (Å²) in [7, 11) is 0. The second-order valence-corrected chi connectivity index (χ2v) is 4.63. The van der Waals surface area contributed by atoms with Crippen LogP contribution in [0.3, 0.4) is 0 Å². The van der Waals surface area contributed by atoms with Gasteiger partial charge >= 0.3 is 0 Å². The third-order valence-corrected chi connectivity index (χ3v) is 3.30. The highest BCUT2D eigenvalue weighted by Gasteiger charge is 2.11. The van der Waals surface area contributed by atoms with Gasteiger partial charge in [-0.15, -0.1) is 0 Å². The third kappa shape index (κ3) is 3.36. The zero-order valence-corrected chi connectivity index (χ0v) is 12.1. The molecule has 0 spiro atoms. The minimum Gasteiger partial charge on any atom is -0.342 e. The molecule has 0 radical (unpaired) electrons. The van der Waals surface area contributed by atoms with Gasteiger partial charge in [0.25, 0.3) is 0 Å². The van der Waals surface area contributed by atoms with Crippen LogP contribution in [0.4, 0.5) is 15.8 Å². The summed E-state index contributed by atoms with van der Waals surface area (Å²) in [5.74, 6) is -0.203. The monoisotopic (exact) mass is 272 g/mol. The Kier molecular flexibility index (Phi) is 5.13. The molecule has 0 aliphatic rings. The van der Waals surface area contributed by atoms with E-state index in [1.54, 1.807) is 0 Å². The number of benzene rings is 2. The van der Waals surface area contributed by atoms with Crippen molar-refractivity contribution in [2.75, 3.05) is 18.0 Å². The number of hydrogen-bond acceptors (Lipinski definition) is 2. The fraction of sp³-hybridized carbons (Fsp3) is 0.294. The Morgan fingerprint density at radius 3 is 2.35 bits per heavy atom. The van der Waals surface area contributed by atoms with Crippen LogP contribution in [0, 0.1) is 5.82 Å². The van der Waals surface area contributed by atoms with Gasteiger partial charge in [0.15, 0.2) is 0 Å². The molecule has 106 valence electrons. The quantitative estimate of drug-likeness (QED) is 0.852. The highest BCUT2D eigenvalue weighted by atomic mass is 19.1. The van der Waals surface area contributed by atoms with Crippen molar-refractivity contribution in [2.45, 2.75) is 20.4 Å². The lowest BCUT2D eigenvalue weighted by Crippen LogP contribution is -2.20. The van der Waals surface area contributed by atoms with Crippen LogP contribution in [-0.2, 0) is 6.54 Å². The fourth-order valence-corrected chi connectivity index (χ4v) is 2.30. The molecule has 0 saturated carbocycles. The Labute approximate surface area is 120 Å². The summed E-state index contributed by atoms with van der Waals surface area (Å²) in [5.41, 5.74) is 3.43. The predicted octanol–water partition coefficient (Wildman–Crippen LogP) is 4.09. The zero-order chi connectivity index (χ0) is 14.4. The first-order chi connectivity index (χ1) is 9.76. The maximum atomic E-state index is 13.1. The van der Waals surface area contributed by atoms with E-state index in [0.717, 1.165) is 25.3 Å². The van der Waals surface area contributed by atoms with Crippen molar-refractivity contribution in [1.82, 2.24) is 5.32 Å². The first kappa shape index (κ1) is 14.5. The van der Waals surface area contributed by atoms with Crippen molar-refractivity contribution in [3.05, 3.63) is 59.9 Å². The molecule has 20 heavy (non-hydrogen) atoms. The van der Waals surface area contributed by atoms with E-state index < -0.39 is 0 Å². The van der Waals surface area contributed by atoms with E-state index in [9.17, 15) is 4.39 Å². The van der Waals surface area contributed by atoms with Gasteiger partial charge < -0.3 is 10.2 Å². The number of rotatable bonds is 6. The SMILES string of the molecule is CCNCc1ccccc1N(CC)c1ccc(F)cc1. The first-order valence-electron chi connectivity index (χ1n) is 7.08. The molecule has 0 aliphatic heterocycles. The van der Waals surface area contributed by atoms with Crippen molar-refractivity contribution >= 4 is 11.4 Å². The number of hydrogen-bond donors (Lipinski definition) is 1. The van der Waals surface area contributed by atoms with E-state index in [0.29, 0.717) is 0 Å². The van der Waals surface area contributed by atoms with E-state index in [-0.39, 0.29) is 5.82 Å². The Morgan fingerprint density at radius 1 is 1.00 bits per heavy atom. The average molecular weight is 272 g/mol. The molecule has 0 aromatic heterocycles. The molecule has 0 saturated heterocycles. The number of nitrogens with one attached hydrogen (secondary N) is 1. The first-order valence-corrected chi connectivity index (χ1v) is 7.08. The maximum Gasteiger partial charge on any atom is 0.123 e. The minimum absolute atomic E-state index is 0.203. The van der Waals surface area contributed by atoms with Crippen molar-refractivity contribution in [2.24, 2.45) is 0 Å². The predicted molar refractivity (Wildman–Crippen MR) is 82.9 cm³/mol. The Balaban J connectivity index is 2.33. The highest BCUT2D eigenvalue weighted by molar-refractivity contribution is 5.66. The van der Waals surface area contributed by atoms with E-state index in [4.69, 9.17) is 0 Å². The second-order valence-electron chi connectivity index (χ2n) is 4.63. The molecule has 3 heteroatoms. The number of nitrogens with zero attached hydrogens (tertiary/aromatic N) is 1. The average Bonchev–Trinajstić information content (AvgIpc) is 2.49. The Hall–Kier alpha value is -1.87. The van der Waals surface area contributed by atoms with Gasteiger partial charge in [-0.2, -0.15) is 0 Å². The van der Waals surface area contributed by atoms with Crippen LogP contribution >= 0.6 is 0 Å². The standard InChI is InChI=1S/C17H21FN2/c1-3-19-13-14-7-5-6-8-17(14)20(4-2)16-11-9-15(18)10-12-16/h5-12,19H,3-4,13H2,1-2H3. The van der Waals surface area contributed by atoms with Gasteiger partial charge in [-0.1, -0.05) is 25.1 Å². The van der Waals surface area contributed by atoms with E-state index in [1.165, 1.54) is 23.4 Å². The summed E-state index contributed by atoms with van der Waals surface area (Å²) in [5, 5.41) is 3.36. The van der Waals surface area contributed by atoms with Gasteiger partial charge in [-0.05, 0) is 49.4 Å². The molecule has 2 rings (SSSR count). The number of halogens is 1. The van der Waals surface area contributed by atoms with Crippen LogP contribution in [-0.4, -0.2) is 13.1 Å². The van der Waals surface area contributed by atoms with Gasteiger partial charge in [0.1, 0.15) is 5.82 Å². The lowest BCUT2D eigenvalue weighted by atomic mass is 10.1. The van der Waals surface area contributed by atoms with Crippen LogP contribution in [0.5, 0.6) is 0 Å². The molecule has 2 nitrogen and oxygen atoms in total. The van der Waals surface area contributed by atoms with Gasteiger partial charge in [0, 0.05) is 24.5 Å². The largest absolute Gasteiger partial charge is 0.342 e. The minimum atomic E-state index is -0.203. The summed E-state index contributed by atoms with van der Waals surface area (Å²) >= 11 is 0. The molecule has 1 N–H and O–H groups in total. The van der Waals surface area contributed by atoms with Crippen LogP contribution in [0.1, 0.15) is 19.4 Å². The van der Waals surface area contributed by atoms with Crippen LogP contribution < -0.4 is 10.2 Å². The van der Waals surface area contributed by atoms with Crippen molar-refractivity contribution in [3.8, 4) is 0 Å². The highest BCUT2D eigenvalue weighted by Crippen LogP contribution is 2.28. The Bertz CT molecular complexity index is 537. The third-order valence-electron chi connectivity index (χ3n) is 3.30. The lowest BCUT2D eigenvalue weighted by molar-refractivity contribution is 0.628. The van der Waals surface area contributed by atoms with Crippen molar-refractivity contribution in [1.29, 1.82) is 0 Å². The zero-order valence-electron chi connectivity index (χ0n) is 12.1. The summed E-state index contributed by atoms with van der Waals surface area (Å²) in [4.78, 5) is 2.20. The second kappa shape index (κ2) is 7.06. The molecular formula is C17H21FN2. The molecule has 0 amide bonds. The van der Waals surface area contributed by atoms with E-state index in [1.807, 2.05) is 18.2 Å². The lowest BCUT2D eigenvalue weighted by Gasteiger charge is -2.26. The maximum absolute atomic E-state index is 13.1. The smallest absolute Gasteiger partial charge is 0.123 e. The molecule has 2 aromatic carbocycles. The van der Waals surface area contributed by atoms with Crippen LogP contribution in [0.15, 0.2) is 48.5 Å². The number of anilines is 2. The topological polar surface area (TPSA) is 15.3 Å². The van der Waals surface area contributed by atoms with Gasteiger partial charge in [-0.3, -0.25) is 0 Å². The van der Waals surface area contributed by atoms with Gasteiger partial charge in [0.2, 0.25) is 0 Å². The summed E-state index contributed by atoms with van der Waals surface area (Å²) in [6, 6.07) is 15.0. The fourth-order valence-electron chi connectivity index (χ4n) is 2.30.